The van der Waals surface area contributed by atoms with Crippen molar-refractivity contribution in [2.45, 2.75) is 335 Å². The maximum absolute atomic E-state index is 12.9. The third-order valence-electron chi connectivity index (χ3n) is 14.4. The first kappa shape index (κ1) is 73.6. The van der Waals surface area contributed by atoms with E-state index < -0.39 is 6.10 Å². The molecule has 77 heavy (non-hydrogen) atoms. The minimum absolute atomic E-state index is 0.0860. The number of allylic oxidation sites excluding steroid dienone is 14. The molecule has 0 aromatic heterocycles. The van der Waals surface area contributed by atoms with Gasteiger partial charge in [-0.15, -0.1) is 0 Å². The van der Waals surface area contributed by atoms with Gasteiger partial charge in [0.1, 0.15) is 13.2 Å². The van der Waals surface area contributed by atoms with Gasteiger partial charge in [-0.2, -0.15) is 0 Å². The van der Waals surface area contributed by atoms with Crippen molar-refractivity contribution in [3.8, 4) is 0 Å². The summed E-state index contributed by atoms with van der Waals surface area (Å²) < 4.78 is 16.9. The van der Waals surface area contributed by atoms with Crippen LogP contribution in [0.4, 0.5) is 0 Å². The second-order valence-electron chi connectivity index (χ2n) is 22.0. The maximum atomic E-state index is 12.9. The summed E-state index contributed by atoms with van der Waals surface area (Å²) in [6.45, 7) is 6.50. The molecule has 0 bridgehead atoms. The van der Waals surface area contributed by atoms with E-state index in [1.54, 1.807) is 0 Å². The number of carbonyl (C=O) groups excluding carboxylic acids is 3. The van der Waals surface area contributed by atoms with Gasteiger partial charge < -0.3 is 14.2 Å². The van der Waals surface area contributed by atoms with Crippen molar-refractivity contribution in [1.82, 2.24) is 0 Å². The molecule has 0 aliphatic rings. The van der Waals surface area contributed by atoms with Gasteiger partial charge >= 0.3 is 17.9 Å². The average molecular weight is 1070 g/mol. The van der Waals surface area contributed by atoms with Crippen LogP contribution in [0.15, 0.2) is 85.1 Å². The molecular formula is C71H124O6. The Bertz CT molecular complexity index is 1470. The predicted molar refractivity (Wildman–Crippen MR) is 334 cm³/mol. The SMILES string of the molecule is CC/C=C\C/C=C\C/C=C\CCCCCC(=O)OCC(COC(=O)CCCCCCCCCCCCCCCCC/C=C\C/C=C\CCCCCCC)OC(=O)CCCCCCCCCCC/C=C\C/C=C\CCCCC. The Morgan fingerprint density at radius 3 is 0.831 bits per heavy atom. The molecule has 0 rings (SSSR count). The van der Waals surface area contributed by atoms with Gasteiger partial charge in [0.2, 0.25) is 0 Å². The lowest BCUT2D eigenvalue weighted by Gasteiger charge is -2.18. The third kappa shape index (κ3) is 63.3. The van der Waals surface area contributed by atoms with E-state index in [9.17, 15) is 14.4 Å². The first-order valence-corrected chi connectivity index (χ1v) is 33.1. The number of rotatable bonds is 60. The normalized spacial score (nSPS) is 12.6. The van der Waals surface area contributed by atoms with Gasteiger partial charge in [-0.1, -0.05) is 279 Å². The lowest BCUT2D eigenvalue weighted by atomic mass is 10.0. The van der Waals surface area contributed by atoms with Crippen molar-refractivity contribution in [1.29, 1.82) is 0 Å². The summed E-state index contributed by atoms with van der Waals surface area (Å²) in [7, 11) is 0. The maximum Gasteiger partial charge on any atom is 0.306 e. The van der Waals surface area contributed by atoms with Crippen molar-refractivity contribution in [3.63, 3.8) is 0 Å². The van der Waals surface area contributed by atoms with Crippen molar-refractivity contribution in [2.24, 2.45) is 0 Å². The van der Waals surface area contributed by atoms with Crippen LogP contribution in [0.3, 0.4) is 0 Å². The molecule has 0 N–H and O–H groups in total. The van der Waals surface area contributed by atoms with Crippen LogP contribution in [0.1, 0.15) is 329 Å². The van der Waals surface area contributed by atoms with Crippen molar-refractivity contribution in [2.75, 3.05) is 13.2 Å². The van der Waals surface area contributed by atoms with E-state index in [2.05, 4.69) is 106 Å². The van der Waals surface area contributed by atoms with Crippen LogP contribution in [-0.2, 0) is 28.6 Å². The molecule has 0 aromatic rings. The zero-order valence-electron chi connectivity index (χ0n) is 51.0. The Labute approximate surface area is 477 Å². The minimum Gasteiger partial charge on any atom is -0.462 e. The van der Waals surface area contributed by atoms with E-state index in [-0.39, 0.29) is 31.1 Å². The predicted octanol–water partition coefficient (Wildman–Crippen LogP) is 22.7. The molecule has 0 spiro atoms. The molecule has 6 nitrogen and oxygen atoms in total. The summed E-state index contributed by atoms with van der Waals surface area (Å²) in [4.78, 5) is 38.3. The van der Waals surface area contributed by atoms with Gasteiger partial charge in [-0.3, -0.25) is 14.4 Å². The highest BCUT2D eigenvalue weighted by atomic mass is 16.6. The molecule has 1 unspecified atom stereocenters. The Morgan fingerprint density at radius 1 is 0.273 bits per heavy atom. The van der Waals surface area contributed by atoms with Crippen LogP contribution in [0.25, 0.3) is 0 Å². The Morgan fingerprint density at radius 2 is 0.506 bits per heavy atom. The van der Waals surface area contributed by atoms with Crippen LogP contribution >= 0.6 is 0 Å². The molecule has 6 heteroatoms. The highest BCUT2D eigenvalue weighted by Crippen LogP contribution is 2.17. The summed E-state index contributed by atoms with van der Waals surface area (Å²) in [5, 5.41) is 0. The fourth-order valence-electron chi connectivity index (χ4n) is 9.40. The van der Waals surface area contributed by atoms with E-state index in [4.69, 9.17) is 14.2 Å². The van der Waals surface area contributed by atoms with Gasteiger partial charge in [-0.05, 0) is 116 Å². The summed E-state index contributed by atoms with van der Waals surface area (Å²) in [5.41, 5.74) is 0. The number of esters is 3. The second-order valence-corrected chi connectivity index (χ2v) is 22.0. The lowest BCUT2D eigenvalue weighted by molar-refractivity contribution is -0.167. The molecule has 0 aromatic carbocycles. The topological polar surface area (TPSA) is 78.9 Å². The van der Waals surface area contributed by atoms with E-state index in [1.807, 2.05) is 0 Å². The van der Waals surface area contributed by atoms with Crippen LogP contribution in [0.5, 0.6) is 0 Å². The first-order valence-electron chi connectivity index (χ1n) is 33.1. The molecule has 0 saturated heterocycles. The van der Waals surface area contributed by atoms with Crippen LogP contribution < -0.4 is 0 Å². The largest absolute Gasteiger partial charge is 0.462 e. The average Bonchev–Trinajstić information content (AvgIpc) is 3.43. The zero-order valence-corrected chi connectivity index (χ0v) is 51.0. The fraction of sp³-hybridized carbons (Fsp3) is 0.761. The first-order chi connectivity index (χ1) is 38.0. The summed E-state index contributed by atoms with van der Waals surface area (Å²) >= 11 is 0. The monoisotopic (exact) mass is 1070 g/mol. The number of carbonyl (C=O) groups is 3. The molecule has 0 radical (unpaired) electrons. The molecule has 444 valence electrons. The lowest BCUT2D eigenvalue weighted by Crippen LogP contribution is -2.30. The molecule has 0 fully saturated rings. The Kier molecular flexibility index (Phi) is 62.2. The molecule has 0 saturated carbocycles. The van der Waals surface area contributed by atoms with Crippen molar-refractivity contribution < 1.29 is 28.6 Å². The number of ether oxygens (including phenoxy) is 3. The van der Waals surface area contributed by atoms with Crippen LogP contribution in [0, 0.1) is 0 Å². The number of hydrogen-bond donors (Lipinski definition) is 0. The van der Waals surface area contributed by atoms with Gasteiger partial charge in [0.25, 0.3) is 0 Å². The number of unbranched alkanes of at least 4 members (excludes halogenated alkanes) is 35. The highest BCUT2D eigenvalue weighted by molar-refractivity contribution is 5.71. The molecule has 0 heterocycles. The molecule has 0 aliphatic heterocycles. The van der Waals surface area contributed by atoms with Gasteiger partial charge in [0.15, 0.2) is 6.10 Å². The van der Waals surface area contributed by atoms with Crippen molar-refractivity contribution in [3.05, 3.63) is 85.1 Å². The Balaban J connectivity index is 4.27. The minimum atomic E-state index is -0.792. The fourth-order valence-corrected chi connectivity index (χ4v) is 9.40. The molecule has 0 aliphatic carbocycles. The molecule has 0 amide bonds. The second kappa shape index (κ2) is 65.1. The van der Waals surface area contributed by atoms with Crippen LogP contribution in [-0.4, -0.2) is 37.2 Å². The molecule has 1 atom stereocenters. The van der Waals surface area contributed by atoms with E-state index in [0.29, 0.717) is 19.3 Å². The smallest absolute Gasteiger partial charge is 0.306 e. The zero-order chi connectivity index (χ0) is 55.7. The number of hydrogen-bond acceptors (Lipinski definition) is 6. The molecular weight excluding hydrogens is 949 g/mol. The van der Waals surface area contributed by atoms with Gasteiger partial charge in [-0.25, -0.2) is 0 Å². The van der Waals surface area contributed by atoms with E-state index in [0.717, 1.165) is 96.3 Å². The third-order valence-corrected chi connectivity index (χ3v) is 14.4. The summed E-state index contributed by atoms with van der Waals surface area (Å²) in [5.74, 6) is -0.908. The standard InChI is InChI=1S/C71H124O6/c1-4-7-10-13-16-19-22-25-27-29-31-32-33-34-35-36-37-38-40-41-43-46-49-52-55-58-61-64-70(73)76-67-68(66-75-69(72)63-60-57-54-51-48-45-24-21-18-15-12-9-6-3)77-71(74)65-62-59-56-53-50-47-44-42-39-30-28-26-23-20-17-14-11-8-5-2/h9,12,17-18,20-22,25-26,28-29,31,45,48,68H,4-8,10-11,13-16,19,23-24,27,30,32-44,46-47,49-67H2,1-3H3/b12-9-,20-17-,21-18-,25-22-,28-26-,31-29-,48-45-. The van der Waals surface area contributed by atoms with Gasteiger partial charge in [0, 0.05) is 19.3 Å². The van der Waals surface area contributed by atoms with Gasteiger partial charge in [0.05, 0.1) is 0 Å². The van der Waals surface area contributed by atoms with Crippen molar-refractivity contribution >= 4 is 17.9 Å². The quantitative estimate of drug-likeness (QED) is 0.0261. The summed E-state index contributed by atoms with van der Waals surface area (Å²) in [6, 6.07) is 0. The summed E-state index contributed by atoms with van der Waals surface area (Å²) in [6.07, 6.45) is 86.0. The van der Waals surface area contributed by atoms with E-state index >= 15 is 0 Å². The van der Waals surface area contributed by atoms with Crippen LogP contribution in [0.2, 0.25) is 0 Å². The Hall–Kier alpha value is -3.41. The highest BCUT2D eigenvalue weighted by Gasteiger charge is 2.19. The van der Waals surface area contributed by atoms with E-state index in [1.165, 1.54) is 193 Å².